The van der Waals surface area contributed by atoms with Gasteiger partial charge in [-0.25, -0.2) is 4.39 Å². The summed E-state index contributed by atoms with van der Waals surface area (Å²) < 4.78 is 13.9. The summed E-state index contributed by atoms with van der Waals surface area (Å²) in [6.45, 7) is 1.30. The molecule has 0 saturated carbocycles. The molecular formula is C13H15FN2O2. The molecule has 0 spiro atoms. The van der Waals surface area contributed by atoms with E-state index in [2.05, 4.69) is 0 Å². The molecule has 0 atom stereocenters. The van der Waals surface area contributed by atoms with E-state index in [0.29, 0.717) is 18.8 Å². The highest BCUT2D eigenvalue weighted by Crippen LogP contribution is 2.25. The second kappa shape index (κ2) is 5.16. The van der Waals surface area contributed by atoms with E-state index in [1.54, 1.807) is 6.07 Å². The monoisotopic (exact) mass is 250 g/mol. The molecule has 0 aliphatic carbocycles. The van der Waals surface area contributed by atoms with Crippen molar-refractivity contribution in [3.8, 4) is 0 Å². The smallest absolute Gasteiger partial charge is 0.248 e. The fraction of sp³-hybridized carbons (Fsp3) is 0.385. The highest BCUT2D eigenvalue weighted by Gasteiger charge is 2.21. The summed E-state index contributed by atoms with van der Waals surface area (Å²) in [5.74, 6) is -1.01. The van der Waals surface area contributed by atoms with Gasteiger partial charge in [0.2, 0.25) is 5.91 Å². The maximum absolute atomic E-state index is 13.9. The van der Waals surface area contributed by atoms with Gasteiger partial charge in [-0.05, 0) is 31.0 Å². The maximum Gasteiger partial charge on any atom is 0.248 e. The number of hydrogen-bond acceptors (Lipinski definition) is 3. The van der Waals surface area contributed by atoms with Crippen molar-refractivity contribution < 1.29 is 14.0 Å². The number of aldehydes is 1. The Morgan fingerprint density at radius 3 is 2.56 bits per heavy atom. The van der Waals surface area contributed by atoms with Gasteiger partial charge in [0.05, 0.1) is 5.69 Å². The standard InChI is InChI=1S/C13H15FN2O2/c14-11-7-10(13(15)18)1-2-12(11)16-5-3-9(8-17)4-6-16/h1-2,7-9H,3-6H2,(H2,15,18). The van der Waals surface area contributed by atoms with Crippen LogP contribution in [-0.2, 0) is 4.79 Å². The minimum absolute atomic E-state index is 0.0780. The highest BCUT2D eigenvalue weighted by molar-refractivity contribution is 5.93. The Bertz CT molecular complexity index is 468. The fourth-order valence-electron chi connectivity index (χ4n) is 2.19. The summed E-state index contributed by atoms with van der Waals surface area (Å²) in [4.78, 5) is 23.5. The first kappa shape index (κ1) is 12.5. The van der Waals surface area contributed by atoms with Gasteiger partial charge in [0.15, 0.2) is 0 Å². The summed E-state index contributed by atoms with van der Waals surface area (Å²) in [5.41, 5.74) is 5.72. The summed E-state index contributed by atoms with van der Waals surface area (Å²) in [6.07, 6.45) is 2.44. The molecule has 1 heterocycles. The van der Waals surface area contributed by atoms with Gasteiger partial charge in [0.25, 0.3) is 0 Å². The van der Waals surface area contributed by atoms with Crippen LogP contribution in [0.5, 0.6) is 0 Å². The van der Waals surface area contributed by atoms with Gasteiger partial charge in [-0.3, -0.25) is 4.79 Å². The zero-order chi connectivity index (χ0) is 13.1. The third-order valence-electron chi connectivity index (χ3n) is 3.30. The van der Waals surface area contributed by atoms with Crippen molar-refractivity contribution >= 4 is 17.9 Å². The predicted octanol–water partition coefficient (Wildman–Crippen LogP) is 1.34. The first-order valence-electron chi connectivity index (χ1n) is 5.91. The number of primary amides is 1. The Kier molecular flexibility index (Phi) is 3.60. The fourth-order valence-corrected chi connectivity index (χ4v) is 2.19. The van der Waals surface area contributed by atoms with Crippen LogP contribution in [0.4, 0.5) is 10.1 Å². The molecule has 0 radical (unpaired) electrons. The zero-order valence-electron chi connectivity index (χ0n) is 9.93. The number of amides is 1. The number of nitrogens with zero attached hydrogens (tertiary/aromatic N) is 1. The van der Waals surface area contributed by atoms with Crippen molar-refractivity contribution in [3.05, 3.63) is 29.6 Å². The van der Waals surface area contributed by atoms with Crippen LogP contribution < -0.4 is 10.6 Å². The van der Waals surface area contributed by atoms with Gasteiger partial charge in [0.1, 0.15) is 12.1 Å². The summed E-state index contributed by atoms with van der Waals surface area (Å²) >= 11 is 0. The Balaban J connectivity index is 2.14. The average Bonchev–Trinajstić information content (AvgIpc) is 2.38. The molecule has 2 rings (SSSR count). The van der Waals surface area contributed by atoms with E-state index < -0.39 is 11.7 Å². The van der Waals surface area contributed by atoms with Crippen molar-refractivity contribution in [1.29, 1.82) is 0 Å². The van der Waals surface area contributed by atoms with E-state index >= 15 is 0 Å². The largest absolute Gasteiger partial charge is 0.369 e. The molecule has 1 saturated heterocycles. The Morgan fingerprint density at radius 1 is 1.39 bits per heavy atom. The molecule has 1 aliphatic rings. The van der Waals surface area contributed by atoms with Crippen molar-refractivity contribution in [2.75, 3.05) is 18.0 Å². The van der Waals surface area contributed by atoms with Crippen molar-refractivity contribution in [2.24, 2.45) is 11.7 Å². The third-order valence-corrected chi connectivity index (χ3v) is 3.30. The minimum atomic E-state index is -0.639. The first-order chi connectivity index (χ1) is 8.61. The third kappa shape index (κ3) is 2.50. The van der Waals surface area contributed by atoms with Crippen LogP contribution in [0, 0.1) is 11.7 Å². The molecule has 1 aromatic carbocycles. The van der Waals surface area contributed by atoms with E-state index in [0.717, 1.165) is 25.2 Å². The first-order valence-corrected chi connectivity index (χ1v) is 5.91. The summed E-state index contributed by atoms with van der Waals surface area (Å²) in [6, 6.07) is 4.24. The molecule has 1 amide bonds. The van der Waals surface area contributed by atoms with Crippen molar-refractivity contribution in [2.45, 2.75) is 12.8 Å². The minimum Gasteiger partial charge on any atom is -0.369 e. The summed E-state index contributed by atoms with van der Waals surface area (Å²) in [5, 5.41) is 0. The van der Waals surface area contributed by atoms with E-state index in [1.165, 1.54) is 6.07 Å². The van der Waals surface area contributed by atoms with Gasteiger partial charge < -0.3 is 15.4 Å². The number of halogens is 1. The number of nitrogens with two attached hydrogens (primary N) is 1. The molecule has 18 heavy (non-hydrogen) atoms. The SMILES string of the molecule is NC(=O)c1ccc(N2CCC(C=O)CC2)c(F)c1. The van der Waals surface area contributed by atoms with E-state index in [4.69, 9.17) is 5.73 Å². The van der Waals surface area contributed by atoms with Gasteiger partial charge >= 0.3 is 0 Å². The Hall–Kier alpha value is -1.91. The highest BCUT2D eigenvalue weighted by atomic mass is 19.1. The molecule has 1 fully saturated rings. The van der Waals surface area contributed by atoms with Gasteiger partial charge in [-0.2, -0.15) is 0 Å². The van der Waals surface area contributed by atoms with Crippen LogP contribution in [0.3, 0.4) is 0 Å². The quantitative estimate of drug-likeness (QED) is 0.823. The maximum atomic E-state index is 13.9. The molecule has 0 unspecified atom stereocenters. The molecule has 5 heteroatoms. The predicted molar refractivity (Wildman–Crippen MR) is 65.9 cm³/mol. The van der Waals surface area contributed by atoms with Gasteiger partial charge in [-0.15, -0.1) is 0 Å². The van der Waals surface area contributed by atoms with Crippen LogP contribution in [-0.4, -0.2) is 25.3 Å². The van der Waals surface area contributed by atoms with E-state index in [1.807, 2.05) is 4.90 Å². The van der Waals surface area contributed by atoms with Crippen LogP contribution in [0.15, 0.2) is 18.2 Å². The van der Waals surface area contributed by atoms with Crippen LogP contribution in [0.25, 0.3) is 0 Å². The lowest BCUT2D eigenvalue weighted by Gasteiger charge is -2.31. The van der Waals surface area contributed by atoms with Gasteiger partial charge in [0, 0.05) is 24.6 Å². The topological polar surface area (TPSA) is 63.4 Å². The molecule has 0 aromatic heterocycles. The number of carbonyl (C=O) groups excluding carboxylic acids is 2. The van der Waals surface area contributed by atoms with Crippen LogP contribution >= 0.6 is 0 Å². The number of rotatable bonds is 3. The van der Waals surface area contributed by atoms with Crippen molar-refractivity contribution in [3.63, 3.8) is 0 Å². The number of piperidine rings is 1. The summed E-state index contributed by atoms with van der Waals surface area (Å²) in [7, 11) is 0. The lowest BCUT2D eigenvalue weighted by atomic mass is 9.98. The second-order valence-electron chi connectivity index (χ2n) is 4.49. The molecule has 1 aliphatic heterocycles. The van der Waals surface area contributed by atoms with Crippen LogP contribution in [0.1, 0.15) is 23.2 Å². The lowest BCUT2D eigenvalue weighted by molar-refractivity contribution is -0.111. The van der Waals surface area contributed by atoms with E-state index in [9.17, 15) is 14.0 Å². The second-order valence-corrected chi connectivity index (χ2v) is 4.49. The van der Waals surface area contributed by atoms with Gasteiger partial charge in [-0.1, -0.05) is 0 Å². The Morgan fingerprint density at radius 2 is 2.06 bits per heavy atom. The Labute approximate surface area is 105 Å². The molecule has 0 bridgehead atoms. The number of carbonyl (C=O) groups is 2. The van der Waals surface area contributed by atoms with Crippen molar-refractivity contribution in [1.82, 2.24) is 0 Å². The molecule has 96 valence electrons. The number of anilines is 1. The number of benzene rings is 1. The molecule has 2 N–H and O–H groups in total. The normalized spacial score (nSPS) is 16.6. The van der Waals surface area contributed by atoms with Crippen LogP contribution in [0.2, 0.25) is 0 Å². The average molecular weight is 250 g/mol. The molecule has 1 aromatic rings. The molecular weight excluding hydrogens is 235 g/mol. The molecule has 4 nitrogen and oxygen atoms in total. The number of hydrogen-bond donors (Lipinski definition) is 1. The zero-order valence-corrected chi connectivity index (χ0v) is 9.93. The van der Waals surface area contributed by atoms with E-state index in [-0.39, 0.29) is 11.5 Å². The lowest BCUT2D eigenvalue weighted by Crippen LogP contribution is -2.34.